The van der Waals surface area contributed by atoms with Gasteiger partial charge in [0.2, 0.25) is 6.29 Å². The van der Waals surface area contributed by atoms with Gasteiger partial charge in [-0.15, -0.1) is 0 Å². The number of aryl methyl sites for hydroxylation is 1. The molecular formula is C34H48O23. The van der Waals surface area contributed by atoms with Crippen molar-refractivity contribution < 1.29 is 109 Å². The Bertz CT molecular complexity index is 1670. The number of rotatable bonds is 12. The number of benzene rings is 1. The van der Waals surface area contributed by atoms with Gasteiger partial charge in [-0.2, -0.15) is 0 Å². The van der Waals surface area contributed by atoms with Gasteiger partial charge in [0.05, 0.1) is 26.4 Å². The first-order valence-corrected chi connectivity index (χ1v) is 18.0. The first-order valence-electron chi connectivity index (χ1n) is 18.0. The van der Waals surface area contributed by atoms with Crippen LogP contribution in [0.2, 0.25) is 0 Å². The summed E-state index contributed by atoms with van der Waals surface area (Å²) in [5.41, 5.74) is 0.206. The molecular weight excluding hydrogens is 776 g/mol. The Labute approximate surface area is 321 Å². The molecule has 0 spiro atoms. The summed E-state index contributed by atoms with van der Waals surface area (Å²) in [4.78, 5) is 11.9. The molecule has 0 aliphatic carbocycles. The minimum Gasteiger partial charge on any atom is -0.462 e. The second-order valence-electron chi connectivity index (χ2n) is 14.1. The van der Waals surface area contributed by atoms with Crippen LogP contribution in [-0.2, 0) is 33.2 Å². The lowest BCUT2D eigenvalue weighted by molar-refractivity contribution is -0.387. The first kappa shape index (κ1) is 44.0. The maximum Gasteiger partial charge on any atom is 0.336 e. The van der Waals surface area contributed by atoms with Gasteiger partial charge in [-0.3, -0.25) is 0 Å². The van der Waals surface area contributed by atoms with Crippen molar-refractivity contribution in [2.45, 2.75) is 130 Å². The number of ether oxygens (including phenoxy) is 8. The molecule has 4 saturated heterocycles. The first-order chi connectivity index (χ1) is 27.1. The van der Waals surface area contributed by atoms with Gasteiger partial charge >= 0.3 is 5.63 Å². The molecule has 5 heterocycles. The third-order valence-corrected chi connectivity index (χ3v) is 10.4. The largest absolute Gasteiger partial charge is 0.462 e. The van der Waals surface area contributed by atoms with E-state index in [-0.39, 0.29) is 11.3 Å². The Hall–Kier alpha value is -2.57. The maximum atomic E-state index is 11.9. The standard InChI is InChI=1S/C34H48O23/c1-10-4-18(39)50-13-5-11(2-3-12(10)13)49-31-25(46)21(42)28(15(7-36)52-31)56-33-27(48)23(44)30(17(9-38)54-33)57-34-26(47)22(43)29(16(8-37)53-34)55-32-24(45)20(41)19(40)14(6-35)51-32/h2-5,14-17,19-38,40-48H,6-9H2,1H3. The molecule has 4 aliphatic rings. The lowest BCUT2D eigenvalue weighted by atomic mass is 9.95. The molecule has 4 aliphatic heterocycles. The molecule has 0 saturated carbocycles. The van der Waals surface area contributed by atoms with Crippen molar-refractivity contribution in [3.63, 3.8) is 0 Å². The van der Waals surface area contributed by atoms with Crippen molar-refractivity contribution >= 4 is 11.0 Å². The highest BCUT2D eigenvalue weighted by Gasteiger charge is 2.55. The highest BCUT2D eigenvalue weighted by atomic mass is 16.8. The summed E-state index contributed by atoms with van der Waals surface area (Å²) < 4.78 is 49.9. The summed E-state index contributed by atoms with van der Waals surface area (Å²) in [6.07, 6.45) is -35.5. The van der Waals surface area contributed by atoms with Crippen molar-refractivity contribution in [1.29, 1.82) is 0 Å². The van der Waals surface area contributed by atoms with E-state index >= 15 is 0 Å². The predicted octanol–water partition coefficient (Wildman–Crippen LogP) is -7.25. The van der Waals surface area contributed by atoms with E-state index < -0.39 is 155 Å². The van der Waals surface area contributed by atoms with Gasteiger partial charge in [-0.1, -0.05) is 0 Å². The Morgan fingerprint density at radius 3 is 1.37 bits per heavy atom. The molecule has 0 bridgehead atoms. The fourth-order valence-electron chi connectivity index (χ4n) is 7.14. The molecule has 57 heavy (non-hydrogen) atoms. The molecule has 0 radical (unpaired) electrons. The molecule has 23 nitrogen and oxygen atoms in total. The van der Waals surface area contributed by atoms with Crippen LogP contribution in [0.4, 0.5) is 0 Å². The van der Waals surface area contributed by atoms with Crippen LogP contribution in [0.25, 0.3) is 11.0 Å². The molecule has 322 valence electrons. The van der Waals surface area contributed by atoms with Gasteiger partial charge in [0.15, 0.2) is 18.9 Å². The van der Waals surface area contributed by atoms with E-state index in [1.165, 1.54) is 18.2 Å². The lowest BCUT2D eigenvalue weighted by Crippen LogP contribution is -2.67. The van der Waals surface area contributed by atoms with Crippen molar-refractivity contribution in [3.05, 3.63) is 40.2 Å². The number of fused-ring (bicyclic) bond motifs is 1. The number of hydrogen-bond acceptors (Lipinski definition) is 23. The van der Waals surface area contributed by atoms with Crippen LogP contribution in [0.15, 0.2) is 33.5 Å². The van der Waals surface area contributed by atoms with Gasteiger partial charge in [-0.05, 0) is 24.6 Å². The molecule has 1 aromatic carbocycles. The fraction of sp³-hybridized carbons (Fsp3) is 0.735. The monoisotopic (exact) mass is 824 g/mol. The van der Waals surface area contributed by atoms with Crippen LogP contribution >= 0.6 is 0 Å². The van der Waals surface area contributed by atoms with Crippen molar-refractivity contribution in [2.75, 3.05) is 26.4 Å². The maximum absolute atomic E-state index is 11.9. The normalized spacial score (nSPS) is 44.2. The second-order valence-corrected chi connectivity index (χ2v) is 14.1. The smallest absolute Gasteiger partial charge is 0.336 e. The highest BCUT2D eigenvalue weighted by molar-refractivity contribution is 5.81. The third kappa shape index (κ3) is 8.84. The van der Waals surface area contributed by atoms with Gasteiger partial charge in [0.25, 0.3) is 0 Å². The summed E-state index contributed by atoms with van der Waals surface area (Å²) in [6.45, 7) is -1.75. The van der Waals surface area contributed by atoms with Crippen molar-refractivity contribution in [1.82, 2.24) is 0 Å². The van der Waals surface area contributed by atoms with Crippen molar-refractivity contribution in [3.8, 4) is 5.75 Å². The van der Waals surface area contributed by atoms with E-state index in [1.54, 1.807) is 13.0 Å². The van der Waals surface area contributed by atoms with Gasteiger partial charge < -0.3 is 109 Å². The molecule has 20 unspecified atom stereocenters. The molecule has 2 aromatic rings. The van der Waals surface area contributed by atoms with Crippen LogP contribution in [0, 0.1) is 6.92 Å². The van der Waals surface area contributed by atoms with Crippen LogP contribution in [-0.4, -0.2) is 216 Å². The fourth-order valence-corrected chi connectivity index (χ4v) is 7.14. The van der Waals surface area contributed by atoms with Crippen LogP contribution < -0.4 is 10.4 Å². The Morgan fingerprint density at radius 2 is 0.912 bits per heavy atom. The molecule has 1 aromatic heterocycles. The Morgan fingerprint density at radius 1 is 0.509 bits per heavy atom. The minimum atomic E-state index is -2.05. The number of aliphatic hydroxyl groups excluding tert-OH is 13. The van der Waals surface area contributed by atoms with E-state index in [4.69, 9.17) is 42.3 Å². The van der Waals surface area contributed by atoms with Crippen molar-refractivity contribution in [2.24, 2.45) is 0 Å². The quantitative estimate of drug-likeness (QED) is 0.0884. The Balaban J connectivity index is 1.09. The van der Waals surface area contributed by atoms with Gasteiger partial charge in [0, 0.05) is 17.5 Å². The predicted molar refractivity (Wildman–Crippen MR) is 180 cm³/mol. The third-order valence-electron chi connectivity index (χ3n) is 10.4. The summed E-state index contributed by atoms with van der Waals surface area (Å²) >= 11 is 0. The summed E-state index contributed by atoms with van der Waals surface area (Å²) in [5.74, 6) is 0.0660. The molecule has 23 heteroatoms. The molecule has 4 fully saturated rings. The van der Waals surface area contributed by atoms with Gasteiger partial charge in [-0.25, -0.2) is 4.79 Å². The topological polar surface area (TPSA) is 367 Å². The lowest BCUT2D eigenvalue weighted by Gasteiger charge is -2.49. The van der Waals surface area contributed by atoms with E-state index in [0.29, 0.717) is 10.9 Å². The van der Waals surface area contributed by atoms with Gasteiger partial charge in [0.1, 0.15) is 109 Å². The Kier molecular flexibility index (Phi) is 14.2. The summed E-state index contributed by atoms with van der Waals surface area (Å²) in [6, 6.07) is 5.76. The zero-order valence-corrected chi connectivity index (χ0v) is 30.1. The number of hydrogen-bond donors (Lipinski definition) is 13. The van der Waals surface area contributed by atoms with E-state index in [2.05, 4.69) is 0 Å². The molecule has 13 N–H and O–H groups in total. The minimum absolute atomic E-state index is 0.0660. The molecule has 6 rings (SSSR count). The zero-order valence-electron chi connectivity index (χ0n) is 30.1. The molecule has 20 atom stereocenters. The SMILES string of the molecule is Cc1cc(=O)oc2cc(OC3OC(CO)C(OC4OC(CO)C(OC5OC(CO)C(OC6OC(CO)C(O)C(O)C6O)C(O)C5O)C(O)C4O)C(O)C3O)ccc12. The van der Waals surface area contributed by atoms with E-state index in [9.17, 15) is 71.2 Å². The average Bonchev–Trinajstić information content (AvgIpc) is 3.19. The van der Waals surface area contributed by atoms with E-state index in [1.807, 2.05) is 0 Å². The van der Waals surface area contributed by atoms with Crippen LogP contribution in [0.3, 0.4) is 0 Å². The molecule has 0 amide bonds. The second kappa shape index (κ2) is 18.4. The number of aliphatic hydroxyl groups is 13. The van der Waals surface area contributed by atoms with Crippen LogP contribution in [0.1, 0.15) is 5.56 Å². The zero-order chi connectivity index (χ0) is 41.5. The van der Waals surface area contributed by atoms with E-state index in [0.717, 1.165) is 0 Å². The average molecular weight is 825 g/mol. The highest BCUT2D eigenvalue weighted by Crippen LogP contribution is 2.35. The summed E-state index contributed by atoms with van der Waals surface area (Å²) in [5, 5.41) is 137. The van der Waals surface area contributed by atoms with Crippen LogP contribution in [0.5, 0.6) is 5.75 Å². The summed E-state index contributed by atoms with van der Waals surface area (Å²) in [7, 11) is 0.